The first-order chi connectivity index (χ1) is 16.3. The van der Waals surface area contributed by atoms with Gasteiger partial charge in [-0.3, -0.25) is 0 Å². The number of aliphatic hydroxyl groups excluding tert-OH is 1. The Labute approximate surface area is 202 Å². The van der Waals surface area contributed by atoms with Crippen LogP contribution in [0, 0.1) is 5.82 Å². The fourth-order valence-corrected chi connectivity index (χ4v) is 4.72. The maximum atomic E-state index is 13.8. The Bertz CT molecular complexity index is 1200. The van der Waals surface area contributed by atoms with Crippen LogP contribution in [0.1, 0.15) is 68.4 Å². The molecule has 0 spiro atoms. The van der Waals surface area contributed by atoms with Gasteiger partial charge in [0.15, 0.2) is 0 Å². The van der Waals surface area contributed by atoms with Crippen LogP contribution in [0.5, 0.6) is 11.5 Å². The van der Waals surface area contributed by atoms with Crippen LogP contribution in [-0.4, -0.2) is 17.1 Å². The second-order valence-electron chi connectivity index (χ2n) is 9.84. The third kappa shape index (κ3) is 5.61. The number of fused-ring (bicyclic) bond motifs is 1. The molecular weight excluding hydrogens is 460 g/mol. The predicted molar refractivity (Wildman–Crippen MR) is 126 cm³/mol. The van der Waals surface area contributed by atoms with Gasteiger partial charge in [-0.25, -0.2) is 4.39 Å². The summed E-state index contributed by atoms with van der Waals surface area (Å²) < 4.78 is 61.7. The Morgan fingerprint density at radius 2 is 1.69 bits per heavy atom. The molecule has 0 aromatic heterocycles. The number of halogens is 4. The average molecular weight is 489 g/mol. The van der Waals surface area contributed by atoms with Gasteiger partial charge in [0.1, 0.15) is 22.9 Å². The Hall–Kier alpha value is -3.06. The van der Waals surface area contributed by atoms with E-state index in [9.17, 15) is 22.7 Å². The van der Waals surface area contributed by atoms with Gasteiger partial charge >= 0.3 is 6.36 Å². The summed E-state index contributed by atoms with van der Waals surface area (Å²) >= 11 is 0. The maximum absolute atomic E-state index is 13.8. The normalized spacial score (nSPS) is 17.1. The van der Waals surface area contributed by atoms with Crippen molar-refractivity contribution >= 4 is 0 Å². The standard InChI is InChI=1S/C28H28F4O3/c1-16(2)21-14-24-26(23(33)15-27(3,4)35-24)25(18-7-9-19(29)10-8-18)22(21)13-17-5-11-20(12-6-17)34-28(30,31)32/h5-12,14,16,23,33H,13,15H2,1-4H3. The second kappa shape index (κ2) is 9.19. The van der Waals surface area contributed by atoms with Crippen LogP contribution in [0.3, 0.4) is 0 Å². The van der Waals surface area contributed by atoms with Crippen LogP contribution in [0.25, 0.3) is 11.1 Å². The summed E-state index contributed by atoms with van der Waals surface area (Å²) in [5, 5.41) is 11.2. The molecule has 35 heavy (non-hydrogen) atoms. The summed E-state index contributed by atoms with van der Waals surface area (Å²) in [4.78, 5) is 0. The molecule has 3 nitrogen and oxygen atoms in total. The van der Waals surface area contributed by atoms with E-state index in [1.807, 2.05) is 33.8 Å². The topological polar surface area (TPSA) is 38.7 Å². The third-order valence-corrected chi connectivity index (χ3v) is 6.17. The van der Waals surface area contributed by atoms with E-state index in [-0.39, 0.29) is 17.5 Å². The lowest BCUT2D eigenvalue weighted by atomic mass is 9.79. The highest BCUT2D eigenvalue weighted by atomic mass is 19.4. The quantitative estimate of drug-likeness (QED) is 0.374. The highest BCUT2D eigenvalue weighted by Gasteiger charge is 2.37. The number of alkyl halides is 3. The summed E-state index contributed by atoms with van der Waals surface area (Å²) in [5.41, 5.74) is 4.27. The van der Waals surface area contributed by atoms with Crippen molar-refractivity contribution in [2.75, 3.05) is 0 Å². The summed E-state index contributed by atoms with van der Waals surface area (Å²) in [6, 6.07) is 13.8. The number of ether oxygens (including phenoxy) is 2. The first-order valence-electron chi connectivity index (χ1n) is 11.5. The van der Waals surface area contributed by atoms with Crippen LogP contribution < -0.4 is 9.47 Å². The second-order valence-corrected chi connectivity index (χ2v) is 9.84. The lowest BCUT2D eigenvalue weighted by Gasteiger charge is -2.38. The van der Waals surface area contributed by atoms with Gasteiger partial charge in [0.2, 0.25) is 0 Å². The predicted octanol–water partition coefficient (Wildman–Crippen LogP) is 7.70. The fraction of sp³-hybridized carbons (Fsp3) is 0.357. The van der Waals surface area contributed by atoms with Crippen LogP contribution in [-0.2, 0) is 6.42 Å². The van der Waals surface area contributed by atoms with Gasteiger partial charge in [0.05, 0.1) is 6.10 Å². The zero-order valence-corrected chi connectivity index (χ0v) is 20.0. The summed E-state index contributed by atoms with van der Waals surface area (Å²) in [5.74, 6) is 0.0190. The van der Waals surface area contributed by atoms with E-state index in [1.54, 1.807) is 24.3 Å². The molecule has 1 heterocycles. The van der Waals surface area contributed by atoms with Crippen molar-refractivity contribution in [2.45, 2.75) is 64.5 Å². The molecule has 0 bridgehead atoms. The average Bonchev–Trinajstić information content (AvgIpc) is 2.73. The number of hydrogen-bond donors (Lipinski definition) is 1. The van der Waals surface area contributed by atoms with E-state index in [4.69, 9.17) is 4.74 Å². The van der Waals surface area contributed by atoms with Gasteiger partial charge in [0, 0.05) is 12.0 Å². The fourth-order valence-electron chi connectivity index (χ4n) is 4.72. The molecule has 0 aliphatic carbocycles. The Morgan fingerprint density at radius 1 is 1.06 bits per heavy atom. The highest BCUT2D eigenvalue weighted by Crippen LogP contribution is 2.48. The molecule has 7 heteroatoms. The minimum absolute atomic E-state index is 0.0908. The maximum Gasteiger partial charge on any atom is 0.573 e. The molecule has 3 aromatic carbocycles. The SMILES string of the molecule is CC(C)c1cc2c(c(-c3ccc(F)cc3)c1Cc1ccc(OC(F)(F)F)cc1)C(O)CC(C)(C)O2. The van der Waals surface area contributed by atoms with Gasteiger partial charge in [0.25, 0.3) is 0 Å². The van der Waals surface area contributed by atoms with Crippen molar-refractivity contribution in [3.63, 3.8) is 0 Å². The molecule has 1 N–H and O–H groups in total. The molecule has 186 valence electrons. The van der Waals surface area contributed by atoms with Crippen molar-refractivity contribution in [3.05, 3.63) is 82.7 Å². The van der Waals surface area contributed by atoms with Crippen molar-refractivity contribution in [2.24, 2.45) is 0 Å². The minimum atomic E-state index is -4.76. The van der Waals surface area contributed by atoms with E-state index in [2.05, 4.69) is 4.74 Å². The molecule has 4 rings (SSSR count). The van der Waals surface area contributed by atoms with Gasteiger partial charge in [-0.2, -0.15) is 0 Å². The molecule has 0 fully saturated rings. The first-order valence-corrected chi connectivity index (χ1v) is 11.5. The van der Waals surface area contributed by atoms with E-state index in [1.165, 1.54) is 24.3 Å². The largest absolute Gasteiger partial charge is 0.573 e. The monoisotopic (exact) mass is 488 g/mol. The molecule has 0 saturated carbocycles. The lowest BCUT2D eigenvalue weighted by molar-refractivity contribution is -0.274. The molecule has 0 radical (unpaired) electrons. The van der Waals surface area contributed by atoms with Gasteiger partial charge < -0.3 is 14.6 Å². The molecule has 1 unspecified atom stereocenters. The number of benzene rings is 3. The van der Waals surface area contributed by atoms with Crippen LogP contribution in [0.2, 0.25) is 0 Å². The Kier molecular flexibility index (Phi) is 6.58. The Balaban J connectivity index is 1.88. The number of rotatable bonds is 5. The zero-order chi connectivity index (χ0) is 25.5. The summed E-state index contributed by atoms with van der Waals surface area (Å²) in [7, 11) is 0. The smallest absolute Gasteiger partial charge is 0.487 e. The minimum Gasteiger partial charge on any atom is -0.487 e. The van der Waals surface area contributed by atoms with E-state index < -0.39 is 18.1 Å². The molecular formula is C28H28F4O3. The Morgan fingerprint density at radius 3 is 2.26 bits per heavy atom. The van der Waals surface area contributed by atoms with Crippen LogP contribution in [0.15, 0.2) is 54.6 Å². The van der Waals surface area contributed by atoms with E-state index in [0.717, 1.165) is 27.8 Å². The molecule has 0 saturated heterocycles. The van der Waals surface area contributed by atoms with Crippen molar-refractivity contribution in [1.29, 1.82) is 0 Å². The van der Waals surface area contributed by atoms with Crippen LogP contribution in [0.4, 0.5) is 17.6 Å². The summed E-state index contributed by atoms with van der Waals surface area (Å²) in [6.07, 6.45) is -4.77. The first kappa shape index (κ1) is 25.0. The van der Waals surface area contributed by atoms with Crippen molar-refractivity contribution in [1.82, 2.24) is 0 Å². The molecule has 0 amide bonds. The van der Waals surface area contributed by atoms with Crippen LogP contribution >= 0.6 is 0 Å². The van der Waals surface area contributed by atoms with E-state index in [0.29, 0.717) is 24.2 Å². The van der Waals surface area contributed by atoms with Gasteiger partial charge in [-0.15, -0.1) is 13.2 Å². The molecule has 1 aliphatic heterocycles. The lowest BCUT2D eigenvalue weighted by Crippen LogP contribution is -2.35. The molecule has 3 aromatic rings. The van der Waals surface area contributed by atoms with E-state index >= 15 is 0 Å². The highest BCUT2D eigenvalue weighted by molar-refractivity contribution is 5.77. The molecule has 1 atom stereocenters. The van der Waals surface area contributed by atoms with Gasteiger partial charge in [-0.1, -0.05) is 38.1 Å². The number of aliphatic hydroxyl groups is 1. The zero-order valence-electron chi connectivity index (χ0n) is 20.0. The number of hydrogen-bond acceptors (Lipinski definition) is 3. The summed E-state index contributed by atoms with van der Waals surface area (Å²) in [6.45, 7) is 7.93. The van der Waals surface area contributed by atoms with Gasteiger partial charge in [-0.05, 0) is 84.3 Å². The molecule has 1 aliphatic rings. The van der Waals surface area contributed by atoms with Crippen molar-refractivity contribution in [3.8, 4) is 22.6 Å². The van der Waals surface area contributed by atoms with Crippen molar-refractivity contribution < 1.29 is 32.1 Å². The third-order valence-electron chi connectivity index (χ3n) is 6.17.